The molecule has 1 saturated carbocycles. The van der Waals surface area contributed by atoms with Gasteiger partial charge in [-0.3, -0.25) is 0 Å². The molecule has 2 aromatic rings. The van der Waals surface area contributed by atoms with Crippen LogP contribution < -0.4 is 10.6 Å². The van der Waals surface area contributed by atoms with Crippen molar-refractivity contribution in [1.29, 1.82) is 0 Å². The zero-order valence-electron chi connectivity index (χ0n) is 12.2. The van der Waals surface area contributed by atoms with Crippen molar-refractivity contribution in [3.63, 3.8) is 0 Å². The van der Waals surface area contributed by atoms with Gasteiger partial charge in [0, 0.05) is 24.4 Å². The van der Waals surface area contributed by atoms with Crippen molar-refractivity contribution >= 4 is 23.1 Å². The fraction of sp³-hybridized carbons (Fsp3) is 0.500. The molecule has 21 heavy (non-hydrogen) atoms. The van der Waals surface area contributed by atoms with Gasteiger partial charge in [0.2, 0.25) is 5.95 Å². The number of nitrogen functional groups attached to an aromatic ring is 1. The van der Waals surface area contributed by atoms with Crippen LogP contribution in [0.5, 0.6) is 0 Å². The van der Waals surface area contributed by atoms with Gasteiger partial charge in [0.05, 0.1) is 29.0 Å². The molecule has 1 fully saturated rings. The molecule has 0 aliphatic heterocycles. The molecule has 1 aliphatic carbocycles. The van der Waals surface area contributed by atoms with Crippen molar-refractivity contribution in [2.24, 2.45) is 0 Å². The molecule has 6 nitrogen and oxygen atoms in total. The van der Waals surface area contributed by atoms with Gasteiger partial charge in [0.15, 0.2) is 0 Å². The van der Waals surface area contributed by atoms with E-state index in [1.54, 1.807) is 11.3 Å². The van der Waals surface area contributed by atoms with Gasteiger partial charge < -0.3 is 15.7 Å². The summed E-state index contributed by atoms with van der Waals surface area (Å²) in [4.78, 5) is 15.1. The van der Waals surface area contributed by atoms with Crippen LogP contribution in [-0.2, 0) is 6.54 Å². The molecule has 0 unspecified atom stereocenters. The molecule has 0 bridgehead atoms. The van der Waals surface area contributed by atoms with Gasteiger partial charge in [0.1, 0.15) is 5.82 Å². The minimum atomic E-state index is -0.203. The molecule has 2 aromatic heterocycles. The lowest BCUT2D eigenvalue weighted by Gasteiger charge is -2.31. The summed E-state index contributed by atoms with van der Waals surface area (Å²) in [6, 6.07) is 1.96. The van der Waals surface area contributed by atoms with Gasteiger partial charge >= 0.3 is 0 Å². The molecule has 0 amide bonds. The lowest BCUT2D eigenvalue weighted by molar-refractivity contribution is 0.0732. The van der Waals surface area contributed by atoms with Crippen molar-refractivity contribution in [1.82, 2.24) is 15.0 Å². The molecule has 0 atom stereocenters. The third-order valence-electron chi connectivity index (χ3n) is 3.74. The lowest BCUT2D eigenvalue weighted by atomic mass is 9.80. The summed E-state index contributed by atoms with van der Waals surface area (Å²) < 4.78 is 0. The number of nitrogens with two attached hydrogens (primary N) is 1. The van der Waals surface area contributed by atoms with E-state index in [0.29, 0.717) is 12.5 Å². The highest BCUT2D eigenvalue weighted by Gasteiger charge is 2.30. The number of anilines is 2. The average molecular weight is 305 g/mol. The Morgan fingerprint density at radius 1 is 1.38 bits per heavy atom. The van der Waals surface area contributed by atoms with Gasteiger partial charge in [0.25, 0.3) is 0 Å². The third kappa shape index (κ3) is 3.14. The van der Waals surface area contributed by atoms with E-state index in [2.05, 4.69) is 20.3 Å². The molecular weight excluding hydrogens is 286 g/mol. The van der Waals surface area contributed by atoms with Crippen molar-refractivity contribution in [2.45, 2.75) is 38.3 Å². The maximum Gasteiger partial charge on any atom is 0.222 e. The van der Waals surface area contributed by atoms with E-state index < -0.39 is 0 Å². The third-order valence-corrected chi connectivity index (χ3v) is 4.56. The summed E-state index contributed by atoms with van der Waals surface area (Å²) in [5.74, 6) is 1.37. The molecule has 7 heteroatoms. The molecule has 1 aliphatic rings. The van der Waals surface area contributed by atoms with E-state index in [1.165, 1.54) is 0 Å². The molecule has 0 saturated heterocycles. The molecule has 0 radical (unpaired) electrons. The van der Waals surface area contributed by atoms with E-state index in [9.17, 15) is 5.11 Å². The first-order valence-electron chi connectivity index (χ1n) is 6.96. The maximum absolute atomic E-state index is 9.43. The molecule has 0 aromatic carbocycles. The average Bonchev–Trinajstić information content (AvgIpc) is 2.79. The summed E-state index contributed by atoms with van der Waals surface area (Å²) in [6.07, 6.45) is 1.31. The summed E-state index contributed by atoms with van der Waals surface area (Å²) in [5, 5.41) is 12.5. The number of nitrogens with zero attached hydrogens (tertiary/aromatic N) is 4. The fourth-order valence-electron chi connectivity index (χ4n) is 2.51. The van der Waals surface area contributed by atoms with E-state index in [1.807, 2.05) is 24.9 Å². The Kier molecular flexibility index (Phi) is 3.77. The van der Waals surface area contributed by atoms with Crippen LogP contribution in [-0.4, -0.2) is 33.2 Å². The number of aryl methyl sites for hydroxylation is 1. The van der Waals surface area contributed by atoms with Crippen LogP contribution in [0.25, 0.3) is 0 Å². The quantitative estimate of drug-likeness (QED) is 0.894. The van der Waals surface area contributed by atoms with Crippen LogP contribution >= 0.6 is 11.3 Å². The molecule has 0 spiro atoms. The minimum Gasteiger partial charge on any atom is -0.393 e. The molecular formula is C14H19N5OS. The van der Waals surface area contributed by atoms with Gasteiger partial charge in [-0.1, -0.05) is 0 Å². The number of aliphatic hydroxyl groups is 1. The van der Waals surface area contributed by atoms with Crippen molar-refractivity contribution < 1.29 is 5.11 Å². The van der Waals surface area contributed by atoms with Crippen LogP contribution in [0.3, 0.4) is 0 Å². The Labute approximate surface area is 127 Å². The van der Waals surface area contributed by atoms with Crippen LogP contribution in [0.1, 0.15) is 35.2 Å². The highest BCUT2D eigenvalue weighted by molar-refractivity contribution is 7.09. The van der Waals surface area contributed by atoms with Crippen LogP contribution in [0.2, 0.25) is 0 Å². The number of rotatable bonds is 4. The second-order valence-electron chi connectivity index (χ2n) is 5.55. The van der Waals surface area contributed by atoms with Crippen LogP contribution in [0.15, 0.2) is 11.4 Å². The van der Waals surface area contributed by atoms with Gasteiger partial charge in [-0.05, 0) is 19.8 Å². The normalized spacial score (nSPS) is 21.1. The maximum atomic E-state index is 9.43. The summed E-state index contributed by atoms with van der Waals surface area (Å²) in [6.45, 7) is 2.68. The first-order chi connectivity index (χ1) is 10.0. The Hall–Kier alpha value is -1.73. The zero-order valence-corrected chi connectivity index (χ0v) is 13.0. The van der Waals surface area contributed by atoms with E-state index >= 15 is 0 Å². The number of aromatic nitrogens is 3. The highest BCUT2D eigenvalue weighted by atomic mass is 32.1. The Morgan fingerprint density at radius 2 is 2.14 bits per heavy atom. The summed E-state index contributed by atoms with van der Waals surface area (Å²) in [7, 11) is 1.97. The minimum absolute atomic E-state index is 0.203. The van der Waals surface area contributed by atoms with E-state index in [0.717, 1.165) is 35.1 Å². The first kappa shape index (κ1) is 14.2. The molecule has 112 valence electrons. The van der Waals surface area contributed by atoms with Crippen LogP contribution in [0.4, 0.5) is 11.8 Å². The van der Waals surface area contributed by atoms with E-state index in [-0.39, 0.29) is 12.1 Å². The second-order valence-corrected chi connectivity index (χ2v) is 6.61. The Balaban J connectivity index is 1.77. The Bertz CT molecular complexity index is 638. The summed E-state index contributed by atoms with van der Waals surface area (Å²) in [5.41, 5.74) is 7.77. The van der Waals surface area contributed by atoms with Crippen molar-refractivity contribution in [2.75, 3.05) is 17.7 Å². The predicted molar refractivity (Wildman–Crippen MR) is 83.4 cm³/mol. The summed E-state index contributed by atoms with van der Waals surface area (Å²) >= 11 is 1.64. The highest BCUT2D eigenvalue weighted by Crippen LogP contribution is 2.36. The van der Waals surface area contributed by atoms with Gasteiger partial charge in [-0.15, -0.1) is 11.3 Å². The SMILES string of the molecule is Cc1nc(CN(C)c2cc(C3CC(O)C3)nc(N)n2)cs1. The zero-order chi connectivity index (χ0) is 15.0. The molecule has 2 heterocycles. The second kappa shape index (κ2) is 5.57. The predicted octanol–water partition coefficient (Wildman–Crippen LogP) is 1.70. The largest absolute Gasteiger partial charge is 0.393 e. The van der Waals surface area contributed by atoms with Gasteiger partial charge in [-0.25, -0.2) is 9.97 Å². The smallest absolute Gasteiger partial charge is 0.222 e. The van der Waals surface area contributed by atoms with Crippen LogP contribution in [0, 0.1) is 6.92 Å². The number of thiazole rings is 1. The van der Waals surface area contributed by atoms with Crippen molar-refractivity contribution in [3.8, 4) is 0 Å². The van der Waals surface area contributed by atoms with Gasteiger partial charge in [-0.2, -0.15) is 4.98 Å². The lowest BCUT2D eigenvalue weighted by Crippen LogP contribution is -2.28. The topological polar surface area (TPSA) is 88.2 Å². The Morgan fingerprint density at radius 3 is 2.76 bits per heavy atom. The fourth-order valence-corrected chi connectivity index (χ4v) is 3.11. The molecule has 3 rings (SSSR count). The first-order valence-corrected chi connectivity index (χ1v) is 7.84. The number of hydrogen-bond acceptors (Lipinski definition) is 7. The van der Waals surface area contributed by atoms with Crippen molar-refractivity contribution in [3.05, 3.63) is 27.8 Å². The monoisotopic (exact) mass is 305 g/mol. The number of aliphatic hydroxyl groups excluding tert-OH is 1. The van der Waals surface area contributed by atoms with E-state index in [4.69, 9.17) is 5.73 Å². The standard InChI is InChI=1S/C14H19N5OS/c1-8-16-10(7-21-8)6-19(2)13-5-12(17-14(15)18-13)9-3-11(20)4-9/h5,7,9,11,20H,3-4,6H2,1-2H3,(H2,15,17,18). The molecule has 3 N–H and O–H groups in total. The number of hydrogen-bond donors (Lipinski definition) is 2.